The van der Waals surface area contributed by atoms with Gasteiger partial charge >= 0.3 is 0 Å². The maximum absolute atomic E-state index is 5.07. The van der Waals surface area contributed by atoms with E-state index in [1.807, 2.05) is 4.57 Å². The molecular formula is C12H18N4O. The molecule has 17 heavy (non-hydrogen) atoms. The Morgan fingerprint density at radius 2 is 2.24 bits per heavy atom. The molecule has 0 saturated carbocycles. The number of unbranched alkanes of at least 4 members (excludes halogenated alkanes) is 1. The Balaban J connectivity index is 2.23. The molecule has 0 aliphatic carbocycles. The Hall–Kier alpha value is -1.49. The summed E-state index contributed by atoms with van der Waals surface area (Å²) in [5, 5.41) is 0. The van der Waals surface area contributed by atoms with Gasteiger partial charge in [0.15, 0.2) is 5.65 Å². The van der Waals surface area contributed by atoms with Crippen LogP contribution in [0.2, 0.25) is 0 Å². The number of aryl methyl sites for hydroxylation is 1. The molecule has 0 spiro atoms. The first-order valence-corrected chi connectivity index (χ1v) is 6.01. The van der Waals surface area contributed by atoms with Crippen LogP contribution >= 0.6 is 0 Å². The molecule has 5 heteroatoms. The molecule has 0 saturated heterocycles. The van der Waals surface area contributed by atoms with Gasteiger partial charge < -0.3 is 9.30 Å². The lowest BCUT2D eigenvalue weighted by atomic mass is 10.2. The summed E-state index contributed by atoms with van der Waals surface area (Å²) < 4.78 is 7.08. The van der Waals surface area contributed by atoms with Crippen LogP contribution in [-0.2, 0) is 17.7 Å². The van der Waals surface area contributed by atoms with Crippen LogP contribution in [0.5, 0.6) is 0 Å². The lowest BCUT2D eigenvalue weighted by molar-refractivity contribution is 0.188. The summed E-state index contributed by atoms with van der Waals surface area (Å²) in [6.45, 7) is 3.61. The van der Waals surface area contributed by atoms with Crippen LogP contribution in [0.1, 0.15) is 25.6 Å². The van der Waals surface area contributed by atoms with Crippen molar-refractivity contribution in [3.8, 4) is 0 Å². The topological polar surface area (TPSA) is 52.8 Å². The third kappa shape index (κ3) is 2.79. The van der Waals surface area contributed by atoms with Gasteiger partial charge in [-0.15, -0.1) is 0 Å². The highest BCUT2D eigenvalue weighted by atomic mass is 16.5. The van der Waals surface area contributed by atoms with Gasteiger partial charge in [0.2, 0.25) is 0 Å². The highest BCUT2D eigenvalue weighted by Crippen LogP contribution is 2.10. The molecular weight excluding hydrogens is 216 g/mol. The molecule has 2 heterocycles. The molecule has 0 N–H and O–H groups in total. The highest BCUT2D eigenvalue weighted by Gasteiger charge is 2.06. The molecule has 0 radical (unpaired) electrons. The Kier molecular flexibility index (Phi) is 4.03. The second-order valence-electron chi connectivity index (χ2n) is 4.03. The van der Waals surface area contributed by atoms with Crippen molar-refractivity contribution in [3.63, 3.8) is 0 Å². The van der Waals surface area contributed by atoms with Crippen LogP contribution in [0.3, 0.4) is 0 Å². The summed E-state index contributed by atoms with van der Waals surface area (Å²) in [6, 6.07) is 0. The minimum atomic E-state index is 0.666. The van der Waals surface area contributed by atoms with E-state index in [1.54, 1.807) is 19.6 Å². The molecule has 5 nitrogen and oxygen atoms in total. The summed E-state index contributed by atoms with van der Waals surface area (Å²) in [7, 11) is 1.70. The van der Waals surface area contributed by atoms with E-state index in [-0.39, 0.29) is 0 Å². The van der Waals surface area contributed by atoms with Crippen LogP contribution in [0.15, 0.2) is 12.5 Å². The number of rotatable bonds is 6. The maximum Gasteiger partial charge on any atom is 0.163 e. The van der Waals surface area contributed by atoms with E-state index in [2.05, 4.69) is 21.9 Å². The molecule has 2 rings (SSSR count). The number of imidazole rings is 1. The minimum absolute atomic E-state index is 0.666. The molecule has 0 fully saturated rings. The average Bonchev–Trinajstić information content (AvgIpc) is 2.76. The lowest BCUT2D eigenvalue weighted by Crippen LogP contribution is -2.05. The minimum Gasteiger partial charge on any atom is -0.383 e. The average molecular weight is 234 g/mol. The highest BCUT2D eigenvalue weighted by molar-refractivity contribution is 5.69. The van der Waals surface area contributed by atoms with E-state index in [0.717, 1.165) is 42.8 Å². The van der Waals surface area contributed by atoms with E-state index >= 15 is 0 Å². The van der Waals surface area contributed by atoms with Crippen LogP contribution < -0.4 is 0 Å². The molecule has 92 valence electrons. The third-order valence-electron chi connectivity index (χ3n) is 2.70. The fourth-order valence-electron chi connectivity index (χ4n) is 1.70. The van der Waals surface area contributed by atoms with Gasteiger partial charge in [0.05, 0.1) is 19.1 Å². The largest absolute Gasteiger partial charge is 0.383 e. The molecule has 2 aromatic heterocycles. The monoisotopic (exact) mass is 234 g/mol. The van der Waals surface area contributed by atoms with Crippen LogP contribution in [0.4, 0.5) is 0 Å². The smallest absolute Gasteiger partial charge is 0.163 e. The Morgan fingerprint density at radius 1 is 1.35 bits per heavy atom. The zero-order valence-electron chi connectivity index (χ0n) is 10.4. The molecule has 0 aliphatic heterocycles. The van der Waals surface area contributed by atoms with Gasteiger partial charge in [0.25, 0.3) is 0 Å². The fraction of sp³-hybridized carbons (Fsp3) is 0.583. The zero-order chi connectivity index (χ0) is 12.1. The SMILES string of the molecule is CCCCc1ncc2ncn(CCOC)c2n1. The van der Waals surface area contributed by atoms with Crippen molar-refractivity contribution in [1.29, 1.82) is 0 Å². The van der Waals surface area contributed by atoms with Crippen LogP contribution in [-0.4, -0.2) is 33.2 Å². The molecule has 0 atom stereocenters. The number of aromatic nitrogens is 4. The van der Waals surface area contributed by atoms with Crippen molar-refractivity contribution in [1.82, 2.24) is 19.5 Å². The van der Waals surface area contributed by atoms with Crippen molar-refractivity contribution in [3.05, 3.63) is 18.3 Å². The third-order valence-corrected chi connectivity index (χ3v) is 2.70. The summed E-state index contributed by atoms with van der Waals surface area (Å²) >= 11 is 0. The zero-order valence-corrected chi connectivity index (χ0v) is 10.4. The first-order chi connectivity index (χ1) is 8.35. The Morgan fingerprint density at radius 3 is 3.00 bits per heavy atom. The molecule has 0 aromatic carbocycles. The van der Waals surface area contributed by atoms with Crippen molar-refractivity contribution in [2.75, 3.05) is 13.7 Å². The normalized spacial score (nSPS) is 11.2. The molecule has 0 amide bonds. The summed E-state index contributed by atoms with van der Waals surface area (Å²) in [6.07, 6.45) is 6.81. The van der Waals surface area contributed by atoms with E-state index in [9.17, 15) is 0 Å². The van der Waals surface area contributed by atoms with Crippen LogP contribution in [0, 0.1) is 0 Å². The fourth-order valence-corrected chi connectivity index (χ4v) is 1.70. The molecule has 0 bridgehead atoms. The number of methoxy groups -OCH3 is 1. The Bertz CT molecular complexity index is 480. The maximum atomic E-state index is 5.07. The Labute approximate surface area is 101 Å². The summed E-state index contributed by atoms with van der Waals surface area (Å²) in [5.41, 5.74) is 1.75. The van der Waals surface area contributed by atoms with E-state index in [0.29, 0.717) is 6.61 Å². The number of nitrogens with zero attached hydrogens (tertiary/aromatic N) is 4. The number of fused-ring (bicyclic) bond motifs is 1. The molecule has 0 aliphatic rings. The summed E-state index contributed by atoms with van der Waals surface area (Å²) in [5.74, 6) is 0.901. The quantitative estimate of drug-likeness (QED) is 0.765. The van der Waals surface area contributed by atoms with E-state index < -0.39 is 0 Å². The van der Waals surface area contributed by atoms with Crippen molar-refractivity contribution in [2.24, 2.45) is 0 Å². The standard InChI is InChI=1S/C12H18N4O/c1-3-4-5-11-13-8-10-12(15-11)16(9-14-10)6-7-17-2/h8-9H,3-7H2,1-2H3. The number of hydrogen-bond acceptors (Lipinski definition) is 4. The first-order valence-electron chi connectivity index (χ1n) is 6.01. The number of hydrogen-bond donors (Lipinski definition) is 0. The van der Waals surface area contributed by atoms with Gasteiger partial charge in [-0.05, 0) is 6.42 Å². The van der Waals surface area contributed by atoms with Gasteiger partial charge in [0.1, 0.15) is 11.3 Å². The summed E-state index contributed by atoms with van der Waals surface area (Å²) in [4.78, 5) is 13.2. The predicted octanol–water partition coefficient (Wildman–Crippen LogP) is 1.82. The van der Waals surface area contributed by atoms with Crippen LogP contribution in [0.25, 0.3) is 11.2 Å². The molecule has 2 aromatic rings. The number of ether oxygens (including phenoxy) is 1. The van der Waals surface area contributed by atoms with Crippen molar-refractivity contribution < 1.29 is 4.74 Å². The van der Waals surface area contributed by atoms with Gasteiger partial charge in [-0.2, -0.15) is 0 Å². The van der Waals surface area contributed by atoms with Gasteiger partial charge in [-0.3, -0.25) is 0 Å². The second kappa shape index (κ2) is 5.72. The predicted molar refractivity (Wildman–Crippen MR) is 65.8 cm³/mol. The van der Waals surface area contributed by atoms with Gasteiger partial charge in [0, 0.05) is 20.1 Å². The van der Waals surface area contributed by atoms with Gasteiger partial charge in [-0.25, -0.2) is 15.0 Å². The van der Waals surface area contributed by atoms with Crippen molar-refractivity contribution in [2.45, 2.75) is 32.7 Å². The van der Waals surface area contributed by atoms with E-state index in [4.69, 9.17) is 4.74 Å². The van der Waals surface area contributed by atoms with Gasteiger partial charge in [-0.1, -0.05) is 13.3 Å². The molecule has 0 unspecified atom stereocenters. The lowest BCUT2D eigenvalue weighted by Gasteiger charge is -2.03. The van der Waals surface area contributed by atoms with Crippen molar-refractivity contribution >= 4 is 11.2 Å². The van der Waals surface area contributed by atoms with E-state index in [1.165, 1.54) is 0 Å². The second-order valence-corrected chi connectivity index (χ2v) is 4.03. The first kappa shape index (κ1) is 12.0.